The molecule has 1 amide bonds. The van der Waals surface area contributed by atoms with E-state index in [0.717, 1.165) is 28.1 Å². The standard InChI is InChI=1S/C16H20N2OS/c1-3-12-9-10-20-15(12)16(19)18(4-2)11-13-7-5-6-8-14(13)17/h5-10H,3-4,11,17H2,1-2H3. The minimum atomic E-state index is 0.0996. The Morgan fingerprint density at radius 2 is 1.95 bits per heavy atom. The molecule has 2 rings (SSSR count). The first-order valence-corrected chi connectivity index (χ1v) is 7.74. The summed E-state index contributed by atoms with van der Waals surface area (Å²) in [6.45, 7) is 5.30. The third-order valence-electron chi connectivity index (χ3n) is 3.41. The lowest BCUT2D eigenvalue weighted by Gasteiger charge is -2.21. The van der Waals surface area contributed by atoms with Crippen molar-refractivity contribution in [3.05, 3.63) is 51.7 Å². The molecule has 0 aliphatic carbocycles. The maximum absolute atomic E-state index is 12.6. The van der Waals surface area contributed by atoms with Crippen molar-refractivity contribution in [2.24, 2.45) is 0 Å². The van der Waals surface area contributed by atoms with Gasteiger partial charge in [-0.25, -0.2) is 0 Å². The third kappa shape index (κ3) is 3.02. The van der Waals surface area contributed by atoms with Gasteiger partial charge in [-0.3, -0.25) is 4.79 Å². The first-order chi connectivity index (χ1) is 9.67. The first-order valence-electron chi connectivity index (χ1n) is 6.86. The van der Waals surface area contributed by atoms with E-state index in [9.17, 15) is 4.79 Å². The monoisotopic (exact) mass is 288 g/mol. The van der Waals surface area contributed by atoms with E-state index in [1.807, 2.05) is 47.5 Å². The van der Waals surface area contributed by atoms with Gasteiger partial charge in [0, 0.05) is 18.8 Å². The van der Waals surface area contributed by atoms with Crippen LogP contribution in [0.4, 0.5) is 5.69 Å². The molecule has 1 heterocycles. The van der Waals surface area contributed by atoms with Crippen molar-refractivity contribution in [2.45, 2.75) is 26.8 Å². The molecule has 0 atom stereocenters. The largest absolute Gasteiger partial charge is 0.398 e. The molecule has 20 heavy (non-hydrogen) atoms. The van der Waals surface area contributed by atoms with Crippen LogP contribution in [0.1, 0.15) is 34.6 Å². The van der Waals surface area contributed by atoms with Crippen molar-refractivity contribution in [1.29, 1.82) is 0 Å². The summed E-state index contributed by atoms with van der Waals surface area (Å²) in [4.78, 5) is 15.3. The molecule has 1 aromatic heterocycles. The molecule has 0 aliphatic rings. The zero-order valence-corrected chi connectivity index (χ0v) is 12.7. The highest BCUT2D eigenvalue weighted by atomic mass is 32.1. The molecule has 0 saturated carbocycles. The Labute approximate surface area is 124 Å². The predicted molar refractivity (Wildman–Crippen MR) is 85.0 cm³/mol. The number of anilines is 1. The highest BCUT2D eigenvalue weighted by Crippen LogP contribution is 2.21. The van der Waals surface area contributed by atoms with Crippen molar-refractivity contribution < 1.29 is 4.79 Å². The Morgan fingerprint density at radius 3 is 2.60 bits per heavy atom. The molecule has 0 unspecified atom stereocenters. The van der Waals surface area contributed by atoms with Crippen LogP contribution >= 0.6 is 11.3 Å². The molecule has 0 saturated heterocycles. The first kappa shape index (κ1) is 14.6. The maximum Gasteiger partial charge on any atom is 0.264 e. The Bertz CT molecular complexity index is 592. The van der Waals surface area contributed by atoms with E-state index in [1.165, 1.54) is 11.3 Å². The van der Waals surface area contributed by atoms with Crippen molar-refractivity contribution >= 4 is 22.9 Å². The van der Waals surface area contributed by atoms with Crippen LogP contribution in [0.2, 0.25) is 0 Å². The van der Waals surface area contributed by atoms with Crippen LogP contribution in [0, 0.1) is 0 Å². The maximum atomic E-state index is 12.6. The summed E-state index contributed by atoms with van der Waals surface area (Å²) in [5, 5.41) is 1.98. The van der Waals surface area contributed by atoms with Crippen LogP contribution in [0.5, 0.6) is 0 Å². The van der Waals surface area contributed by atoms with Gasteiger partial charge in [-0.2, -0.15) is 0 Å². The van der Waals surface area contributed by atoms with Crippen molar-refractivity contribution in [3.8, 4) is 0 Å². The summed E-state index contributed by atoms with van der Waals surface area (Å²) >= 11 is 1.52. The van der Waals surface area contributed by atoms with Gasteiger partial charge in [-0.15, -0.1) is 11.3 Å². The summed E-state index contributed by atoms with van der Waals surface area (Å²) in [6.07, 6.45) is 0.885. The number of hydrogen-bond donors (Lipinski definition) is 1. The van der Waals surface area contributed by atoms with Gasteiger partial charge >= 0.3 is 0 Å². The number of benzene rings is 1. The van der Waals surface area contributed by atoms with Crippen LogP contribution in [0.3, 0.4) is 0 Å². The molecule has 0 aliphatic heterocycles. The lowest BCUT2D eigenvalue weighted by molar-refractivity contribution is 0.0757. The number of para-hydroxylation sites is 1. The number of aryl methyl sites for hydroxylation is 1. The lowest BCUT2D eigenvalue weighted by atomic mass is 10.1. The Morgan fingerprint density at radius 1 is 1.20 bits per heavy atom. The number of hydrogen-bond acceptors (Lipinski definition) is 3. The molecular weight excluding hydrogens is 268 g/mol. The van der Waals surface area contributed by atoms with E-state index in [4.69, 9.17) is 5.73 Å². The fourth-order valence-electron chi connectivity index (χ4n) is 2.16. The minimum Gasteiger partial charge on any atom is -0.398 e. The van der Waals surface area contributed by atoms with Crippen molar-refractivity contribution in [1.82, 2.24) is 4.90 Å². The Hall–Kier alpha value is -1.81. The van der Waals surface area contributed by atoms with E-state index >= 15 is 0 Å². The second-order valence-electron chi connectivity index (χ2n) is 4.65. The second kappa shape index (κ2) is 6.57. The molecule has 2 aromatic rings. The normalized spacial score (nSPS) is 10.5. The Kier molecular flexibility index (Phi) is 4.79. The van der Waals surface area contributed by atoms with Gasteiger partial charge in [0.25, 0.3) is 5.91 Å². The van der Waals surface area contributed by atoms with E-state index in [-0.39, 0.29) is 5.91 Å². The smallest absolute Gasteiger partial charge is 0.264 e. The molecule has 1 aromatic carbocycles. The highest BCUT2D eigenvalue weighted by molar-refractivity contribution is 7.12. The number of rotatable bonds is 5. The number of nitrogens with zero attached hydrogens (tertiary/aromatic N) is 1. The van der Waals surface area contributed by atoms with E-state index in [1.54, 1.807) is 0 Å². The van der Waals surface area contributed by atoms with Crippen LogP contribution in [-0.2, 0) is 13.0 Å². The van der Waals surface area contributed by atoms with E-state index < -0.39 is 0 Å². The summed E-state index contributed by atoms with van der Waals surface area (Å²) in [6, 6.07) is 9.73. The van der Waals surface area contributed by atoms with Crippen LogP contribution in [-0.4, -0.2) is 17.4 Å². The summed E-state index contributed by atoms with van der Waals surface area (Å²) in [5.74, 6) is 0.0996. The topological polar surface area (TPSA) is 46.3 Å². The zero-order chi connectivity index (χ0) is 14.5. The molecule has 0 bridgehead atoms. The summed E-state index contributed by atoms with van der Waals surface area (Å²) in [7, 11) is 0. The van der Waals surface area contributed by atoms with Gasteiger partial charge in [0.05, 0.1) is 4.88 Å². The van der Waals surface area contributed by atoms with Gasteiger partial charge in [0.1, 0.15) is 0 Å². The van der Waals surface area contributed by atoms with Gasteiger partial charge in [-0.05, 0) is 42.0 Å². The molecule has 2 N–H and O–H groups in total. The molecule has 3 nitrogen and oxygen atoms in total. The fraction of sp³-hybridized carbons (Fsp3) is 0.312. The molecule has 0 fully saturated rings. The molecular formula is C16H20N2OS. The average Bonchev–Trinajstić information content (AvgIpc) is 2.94. The number of nitrogen functional groups attached to an aromatic ring is 1. The zero-order valence-electron chi connectivity index (χ0n) is 11.9. The fourth-order valence-corrected chi connectivity index (χ4v) is 3.12. The van der Waals surface area contributed by atoms with Crippen LogP contribution in [0.15, 0.2) is 35.7 Å². The molecule has 4 heteroatoms. The van der Waals surface area contributed by atoms with Crippen LogP contribution in [0.25, 0.3) is 0 Å². The van der Waals surface area contributed by atoms with Gasteiger partial charge in [-0.1, -0.05) is 25.1 Å². The minimum absolute atomic E-state index is 0.0996. The lowest BCUT2D eigenvalue weighted by Crippen LogP contribution is -2.30. The number of carbonyl (C=O) groups excluding carboxylic acids is 1. The van der Waals surface area contributed by atoms with Gasteiger partial charge < -0.3 is 10.6 Å². The van der Waals surface area contributed by atoms with Crippen LogP contribution < -0.4 is 5.73 Å². The van der Waals surface area contributed by atoms with E-state index in [0.29, 0.717) is 13.1 Å². The molecule has 0 radical (unpaired) electrons. The third-order valence-corrected chi connectivity index (χ3v) is 4.35. The molecule has 106 valence electrons. The Balaban J connectivity index is 2.20. The number of amides is 1. The highest BCUT2D eigenvalue weighted by Gasteiger charge is 2.19. The van der Waals surface area contributed by atoms with Gasteiger partial charge in [0.15, 0.2) is 0 Å². The van der Waals surface area contributed by atoms with Crippen molar-refractivity contribution in [2.75, 3.05) is 12.3 Å². The molecule has 0 spiro atoms. The van der Waals surface area contributed by atoms with E-state index in [2.05, 4.69) is 6.92 Å². The van der Waals surface area contributed by atoms with Gasteiger partial charge in [0.2, 0.25) is 0 Å². The summed E-state index contributed by atoms with van der Waals surface area (Å²) in [5.41, 5.74) is 8.82. The van der Waals surface area contributed by atoms with Crippen molar-refractivity contribution in [3.63, 3.8) is 0 Å². The predicted octanol–water partition coefficient (Wildman–Crippen LogP) is 3.56. The quantitative estimate of drug-likeness (QED) is 0.855. The number of nitrogens with two attached hydrogens (primary N) is 1. The SMILES string of the molecule is CCc1ccsc1C(=O)N(CC)Cc1ccccc1N. The summed E-state index contributed by atoms with van der Waals surface area (Å²) < 4.78 is 0. The number of carbonyl (C=O) groups is 1. The second-order valence-corrected chi connectivity index (χ2v) is 5.56. The average molecular weight is 288 g/mol. The number of thiophene rings is 1.